The maximum absolute atomic E-state index is 13.7. The topological polar surface area (TPSA) is 173 Å². The van der Waals surface area contributed by atoms with Crippen LogP contribution in [0.2, 0.25) is 0 Å². The number of nitrogens with two attached hydrogens (primary N) is 1. The van der Waals surface area contributed by atoms with Crippen molar-refractivity contribution in [3.05, 3.63) is 43.0 Å². The minimum absolute atomic E-state index is 0.00480. The van der Waals surface area contributed by atoms with Crippen molar-refractivity contribution < 1.29 is 33.2 Å². The Morgan fingerprint density at radius 1 is 1.17 bits per heavy atom. The molecule has 0 fully saturated rings. The molecule has 13 nitrogen and oxygen atoms in total. The number of hydrogen-bond acceptors (Lipinski definition) is 11. The Bertz CT molecular complexity index is 1160. The fraction of sp³-hybridized carbons (Fsp3) is 0.455. The standard InChI is InChI=1S/C22H31N6O7P/c1-16(12-28-14-26-19-20(23)24-13-25-21(19)28)34-15-36(31,35-18-6-4-3-5-7-18)27-17(2)22(30)33-11-10-32-9-8-29/h3-7,13-14,16-17,29H,8-12,15H2,1-2H3,(H,27,31)(H2,23,24,25). The highest BCUT2D eigenvalue weighted by Gasteiger charge is 2.31. The molecule has 0 saturated carbocycles. The van der Waals surface area contributed by atoms with E-state index in [4.69, 9.17) is 29.6 Å². The molecule has 196 valence electrons. The minimum Gasteiger partial charge on any atom is -0.462 e. The number of nitrogen functional groups attached to an aromatic ring is 1. The van der Waals surface area contributed by atoms with Crippen LogP contribution in [0.1, 0.15) is 13.8 Å². The SMILES string of the molecule is CC(Cn1cnc2c(N)ncnc21)OCP(=O)(NC(C)C(=O)OCCOCCO)Oc1ccccc1. The van der Waals surface area contributed by atoms with Crippen molar-refractivity contribution in [2.75, 3.05) is 38.5 Å². The van der Waals surface area contributed by atoms with Gasteiger partial charge in [0.1, 0.15) is 36.6 Å². The summed E-state index contributed by atoms with van der Waals surface area (Å²) in [4.78, 5) is 24.7. The lowest BCUT2D eigenvalue weighted by Gasteiger charge is -2.25. The molecule has 3 atom stereocenters. The molecule has 14 heteroatoms. The summed E-state index contributed by atoms with van der Waals surface area (Å²) in [6.45, 7) is 3.83. The minimum atomic E-state index is -3.71. The zero-order valence-electron chi connectivity index (χ0n) is 20.1. The Balaban J connectivity index is 1.62. The van der Waals surface area contributed by atoms with E-state index in [9.17, 15) is 9.36 Å². The van der Waals surface area contributed by atoms with Crippen LogP contribution in [0.4, 0.5) is 5.82 Å². The van der Waals surface area contributed by atoms with Crippen molar-refractivity contribution in [3.63, 3.8) is 0 Å². The van der Waals surface area contributed by atoms with Crippen LogP contribution in [0.5, 0.6) is 5.75 Å². The van der Waals surface area contributed by atoms with Gasteiger partial charge in [-0.25, -0.2) is 20.0 Å². The third-order valence-electron chi connectivity index (χ3n) is 4.86. The number of carbonyl (C=O) groups is 1. The molecule has 0 radical (unpaired) electrons. The van der Waals surface area contributed by atoms with Gasteiger partial charge in [-0.05, 0) is 26.0 Å². The molecule has 36 heavy (non-hydrogen) atoms. The first-order chi connectivity index (χ1) is 17.3. The first kappa shape index (κ1) is 27.5. The van der Waals surface area contributed by atoms with Gasteiger partial charge in [0.15, 0.2) is 11.5 Å². The van der Waals surface area contributed by atoms with Gasteiger partial charge in [0.25, 0.3) is 0 Å². The molecule has 0 saturated heterocycles. The Morgan fingerprint density at radius 3 is 2.69 bits per heavy atom. The number of carbonyl (C=O) groups excluding carboxylic acids is 1. The van der Waals surface area contributed by atoms with E-state index < -0.39 is 25.6 Å². The number of nitrogens with zero attached hydrogens (tertiary/aromatic N) is 4. The Kier molecular flexibility index (Phi) is 10.1. The number of aliphatic hydroxyl groups is 1. The zero-order valence-corrected chi connectivity index (χ0v) is 21.0. The summed E-state index contributed by atoms with van der Waals surface area (Å²) in [5, 5.41) is 11.5. The predicted molar refractivity (Wildman–Crippen MR) is 131 cm³/mol. The first-order valence-electron chi connectivity index (χ1n) is 11.3. The lowest BCUT2D eigenvalue weighted by molar-refractivity contribution is -0.146. The molecular formula is C22H31N6O7P. The molecule has 3 rings (SSSR count). The van der Waals surface area contributed by atoms with Crippen LogP contribution < -0.4 is 15.3 Å². The molecule has 4 N–H and O–H groups in total. The fourth-order valence-corrected chi connectivity index (χ4v) is 4.96. The van der Waals surface area contributed by atoms with E-state index in [2.05, 4.69) is 20.0 Å². The lowest BCUT2D eigenvalue weighted by atomic mass is 10.3. The van der Waals surface area contributed by atoms with E-state index in [0.717, 1.165) is 0 Å². The summed E-state index contributed by atoms with van der Waals surface area (Å²) < 4.78 is 37.3. The van der Waals surface area contributed by atoms with Gasteiger partial charge in [-0.1, -0.05) is 18.2 Å². The number of esters is 1. The van der Waals surface area contributed by atoms with Crippen LogP contribution in [-0.2, 0) is 30.1 Å². The highest BCUT2D eigenvalue weighted by atomic mass is 31.2. The van der Waals surface area contributed by atoms with Crippen LogP contribution in [0.25, 0.3) is 11.2 Å². The number of imidazole rings is 1. The van der Waals surface area contributed by atoms with E-state index in [0.29, 0.717) is 23.5 Å². The second-order valence-electron chi connectivity index (χ2n) is 7.87. The van der Waals surface area contributed by atoms with E-state index in [1.54, 1.807) is 48.1 Å². The maximum Gasteiger partial charge on any atom is 0.342 e. The van der Waals surface area contributed by atoms with E-state index in [-0.39, 0.29) is 38.6 Å². The van der Waals surface area contributed by atoms with Gasteiger partial charge in [-0.3, -0.25) is 9.36 Å². The quantitative estimate of drug-likeness (QED) is 0.150. The number of ether oxygens (including phenoxy) is 3. The third kappa shape index (κ3) is 7.97. The molecule has 3 aromatic rings. The molecule has 3 unspecified atom stereocenters. The molecule has 0 spiro atoms. The number of benzene rings is 1. The highest BCUT2D eigenvalue weighted by Crippen LogP contribution is 2.44. The molecular weight excluding hydrogens is 491 g/mol. The van der Waals surface area contributed by atoms with Crippen LogP contribution in [-0.4, -0.2) is 75.5 Å². The second-order valence-corrected chi connectivity index (χ2v) is 9.91. The summed E-state index contributed by atoms with van der Waals surface area (Å²) in [6.07, 6.45) is 2.20. The monoisotopic (exact) mass is 522 g/mol. The average Bonchev–Trinajstić information content (AvgIpc) is 3.27. The average molecular weight is 522 g/mol. The Labute approximate surface area is 208 Å². The summed E-state index contributed by atoms with van der Waals surface area (Å²) in [5.74, 6) is 0.00291. The number of nitrogens with one attached hydrogen (secondary N) is 1. The van der Waals surface area contributed by atoms with E-state index in [1.807, 2.05) is 0 Å². The van der Waals surface area contributed by atoms with Crippen molar-refractivity contribution in [1.82, 2.24) is 24.6 Å². The highest BCUT2D eigenvalue weighted by molar-refractivity contribution is 7.57. The van der Waals surface area contributed by atoms with Crippen molar-refractivity contribution in [1.29, 1.82) is 0 Å². The lowest BCUT2D eigenvalue weighted by Crippen LogP contribution is -2.36. The number of para-hydroxylation sites is 1. The predicted octanol–water partition coefficient (Wildman–Crippen LogP) is 1.57. The van der Waals surface area contributed by atoms with Gasteiger partial charge in [0.05, 0.1) is 38.8 Å². The number of hydrogen-bond donors (Lipinski definition) is 3. The number of rotatable bonds is 15. The van der Waals surface area contributed by atoms with Crippen LogP contribution in [0, 0.1) is 0 Å². The number of aliphatic hydroxyl groups excluding tert-OH is 1. The summed E-state index contributed by atoms with van der Waals surface area (Å²) >= 11 is 0. The van der Waals surface area contributed by atoms with Crippen LogP contribution >= 0.6 is 7.52 Å². The molecule has 2 aromatic heterocycles. The van der Waals surface area contributed by atoms with E-state index >= 15 is 0 Å². The first-order valence-corrected chi connectivity index (χ1v) is 13.1. The normalized spacial score (nSPS) is 14.8. The second kappa shape index (κ2) is 13.3. The molecule has 1 aromatic carbocycles. The molecule has 0 bridgehead atoms. The summed E-state index contributed by atoms with van der Waals surface area (Å²) in [6, 6.07) is 7.64. The fourth-order valence-electron chi connectivity index (χ4n) is 3.17. The maximum atomic E-state index is 13.7. The number of anilines is 1. The van der Waals surface area contributed by atoms with Crippen molar-refractivity contribution in [2.45, 2.75) is 32.5 Å². The van der Waals surface area contributed by atoms with Crippen molar-refractivity contribution >= 4 is 30.5 Å². The Morgan fingerprint density at radius 2 is 1.94 bits per heavy atom. The number of fused-ring (bicyclic) bond motifs is 1. The third-order valence-corrected chi connectivity index (χ3v) is 6.64. The van der Waals surface area contributed by atoms with Crippen LogP contribution in [0.3, 0.4) is 0 Å². The van der Waals surface area contributed by atoms with Gasteiger partial charge in [0.2, 0.25) is 0 Å². The van der Waals surface area contributed by atoms with Crippen LogP contribution in [0.15, 0.2) is 43.0 Å². The largest absolute Gasteiger partial charge is 0.462 e. The number of aromatic nitrogens is 4. The smallest absolute Gasteiger partial charge is 0.342 e. The van der Waals surface area contributed by atoms with Gasteiger partial charge >= 0.3 is 13.5 Å². The molecule has 2 heterocycles. The van der Waals surface area contributed by atoms with Gasteiger partial charge in [0, 0.05) is 0 Å². The summed E-state index contributed by atoms with van der Waals surface area (Å²) in [5.41, 5.74) is 6.88. The molecule has 0 amide bonds. The van der Waals surface area contributed by atoms with Gasteiger partial charge < -0.3 is 34.1 Å². The van der Waals surface area contributed by atoms with E-state index in [1.165, 1.54) is 13.3 Å². The molecule has 0 aliphatic heterocycles. The molecule has 0 aliphatic rings. The molecule has 0 aliphatic carbocycles. The summed E-state index contributed by atoms with van der Waals surface area (Å²) in [7, 11) is -3.71. The zero-order chi connectivity index (χ0) is 26.0. The Hall–Kier alpha value is -3.09. The van der Waals surface area contributed by atoms with Crippen molar-refractivity contribution in [2.24, 2.45) is 0 Å². The van der Waals surface area contributed by atoms with Gasteiger partial charge in [-0.15, -0.1) is 0 Å². The van der Waals surface area contributed by atoms with Gasteiger partial charge in [-0.2, -0.15) is 0 Å². The van der Waals surface area contributed by atoms with Crippen molar-refractivity contribution in [3.8, 4) is 5.75 Å².